The second-order valence-electron chi connectivity index (χ2n) is 3.39. The first-order valence-corrected chi connectivity index (χ1v) is 4.68. The maximum absolute atomic E-state index is 11.2. The van der Waals surface area contributed by atoms with Crippen molar-refractivity contribution in [2.45, 2.75) is 0 Å². The molecule has 0 unspecified atom stereocenters. The van der Waals surface area contributed by atoms with Gasteiger partial charge in [0.2, 0.25) is 0 Å². The molecule has 0 aromatic rings. The molecule has 0 radical (unpaired) electrons. The van der Waals surface area contributed by atoms with Gasteiger partial charge in [-0.3, -0.25) is 4.79 Å². The third-order valence-corrected chi connectivity index (χ3v) is 1.87. The van der Waals surface area contributed by atoms with Crippen LogP contribution in [0.1, 0.15) is 0 Å². The molecular weight excluding hydrogens is 228 g/mol. The molecule has 0 aromatic carbocycles. The summed E-state index contributed by atoms with van der Waals surface area (Å²) in [6, 6.07) is 0. The van der Waals surface area contributed by atoms with Gasteiger partial charge in [-0.15, -0.1) is 0 Å². The third-order valence-electron chi connectivity index (χ3n) is 1.87. The summed E-state index contributed by atoms with van der Waals surface area (Å²) in [6.45, 7) is -0.328. The zero-order chi connectivity index (χ0) is 13.0. The fraction of sp³-hybridized carbons (Fsp3) is 0.300. The van der Waals surface area contributed by atoms with Crippen LogP contribution in [0.2, 0.25) is 0 Å². The van der Waals surface area contributed by atoms with Gasteiger partial charge in [0, 0.05) is 26.2 Å². The molecule has 1 amide bonds. The average molecular weight is 240 g/mol. The van der Waals surface area contributed by atoms with Gasteiger partial charge in [0.25, 0.3) is 5.91 Å². The van der Waals surface area contributed by atoms with E-state index in [4.69, 9.17) is 15.2 Å². The molecule has 1 heterocycles. The van der Waals surface area contributed by atoms with E-state index in [-0.39, 0.29) is 18.1 Å². The number of primary amides is 1. The van der Waals surface area contributed by atoms with Crippen molar-refractivity contribution < 1.29 is 23.9 Å². The predicted molar refractivity (Wildman–Crippen MR) is 56.1 cm³/mol. The molecule has 0 saturated carbocycles. The van der Waals surface area contributed by atoms with Crippen LogP contribution >= 0.6 is 0 Å². The second-order valence-corrected chi connectivity index (χ2v) is 3.39. The van der Waals surface area contributed by atoms with Gasteiger partial charge in [0.05, 0.1) is 0 Å². The van der Waals surface area contributed by atoms with E-state index in [1.807, 2.05) is 0 Å². The SMILES string of the molecule is CN(C)/C(C(N)=O)=C1/COC(=O)/C=C\C(=O)O1. The van der Waals surface area contributed by atoms with Crippen LogP contribution < -0.4 is 5.73 Å². The Morgan fingerprint density at radius 3 is 2.41 bits per heavy atom. The van der Waals surface area contributed by atoms with Crippen LogP contribution in [0.25, 0.3) is 0 Å². The molecule has 92 valence electrons. The Hall–Kier alpha value is -2.31. The molecule has 0 aromatic heterocycles. The lowest BCUT2D eigenvalue weighted by atomic mass is 10.3. The number of esters is 2. The standard InChI is InChI=1S/C10H12N2O5/c1-12(2)9(10(11)15)6-5-16-7(13)3-4-8(14)17-6/h3-4H,5H2,1-2H3,(H2,11,15)/b4-3-,9-6-. The van der Waals surface area contributed by atoms with E-state index in [1.54, 1.807) is 14.1 Å². The molecule has 0 atom stereocenters. The number of nitrogens with two attached hydrogens (primary N) is 1. The van der Waals surface area contributed by atoms with E-state index in [1.165, 1.54) is 4.90 Å². The summed E-state index contributed by atoms with van der Waals surface area (Å²) in [5.41, 5.74) is 5.12. The number of ether oxygens (including phenoxy) is 2. The van der Waals surface area contributed by atoms with Gasteiger partial charge in [0.1, 0.15) is 5.70 Å². The number of hydrogen-bond acceptors (Lipinski definition) is 6. The van der Waals surface area contributed by atoms with Crippen molar-refractivity contribution in [2.75, 3.05) is 20.7 Å². The smallest absolute Gasteiger partial charge is 0.336 e. The molecule has 1 rings (SSSR count). The van der Waals surface area contributed by atoms with Crippen LogP contribution in [0, 0.1) is 0 Å². The fourth-order valence-corrected chi connectivity index (χ4v) is 1.23. The summed E-state index contributed by atoms with van der Waals surface area (Å²) in [5, 5.41) is 0. The summed E-state index contributed by atoms with van der Waals surface area (Å²) >= 11 is 0. The van der Waals surface area contributed by atoms with Gasteiger partial charge in [-0.2, -0.15) is 0 Å². The van der Waals surface area contributed by atoms with Crippen LogP contribution in [0.5, 0.6) is 0 Å². The van der Waals surface area contributed by atoms with E-state index in [0.29, 0.717) is 0 Å². The van der Waals surface area contributed by atoms with E-state index in [2.05, 4.69) is 0 Å². The number of cyclic esters (lactones) is 2. The number of carbonyl (C=O) groups excluding carboxylic acids is 3. The second kappa shape index (κ2) is 5.15. The van der Waals surface area contributed by atoms with Gasteiger partial charge in [-0.05, 0) is 0 Å². The molecule has 17 heavy (non-hydrogen) atoms. The lowest BCUT2D eigenvalue weighted by Gasteiger charge is -2.19. The number of nitrogens with zero attached hydrogens (tertiary/aromatic N) is 1. The van der Waals surface area contributed by atoms with Gasteiger partial charge in [0.15, 0.2) is 12.4 Å². The molecule has 0 fully saturated rings. The van der Waals surface area contributed by atoms with E-state index in [0.717, 1.165) is 12.2 Å². The first kappa shape index (κ1) is 12.8. The van der Waals surface area contributed by atoms with Gasteiger partial charge in [-0.1, -0.05) is 0 Å². The van der Waals surface area contributed by atoms with Crippen LogP contribution in [0.3, 0.4) is 0 Å². The minimum absolute atomic E-state index is 0.0264. The van der Waals surface area contributed by atoms with E-state index in [9.17, 15) is 14.4 Å². The Morgan fingerprint density at radius 2 is 1.88 bits per heavy atom. The largest absolute Gasteiger partial charge is 0.454 e. The summed E-state index contributed by atoms with van der Waals surface area (Å²) in [4.78, 5) is 34.8. The zero-order valence-corrected chi connectivity index (χ0v) is 9.43. The Morgan fingerprint density at radius 1 is 1.29 bits per heavy atom. The molecule has 0 bridgehead atoms. The van der Waals surface area contributed by atoms with Gasteiger partial charge < -0.3 is 20.1 Å². The highest BCUT2D eigenvalue weighted by atomic mass is 16.6. The van der Waals surface area contributed by atoms with Crippen molar-refractivity contribution in [3.8, 4) is 0 Å². The average Bonchev–Trinajstić information content (AvgIpc) is 2.20. The molecular formula is C10H12N2O5. The lowest BCUT2D eigenvalue weighted by molar-refractivity contribution is -0.144. The molecule has 7 heteroatoms. The number of hydrogen-bond donors (Lipinski definition) is 1. The number of amides is 1. The monoisotopic (exact) mass is 240 g/mol. The van der Waals surface area contributed by atoms with Crippen molar-refractivity contribution >= 4 is 17.8 Å². The highest BCUT2D eigenvalue weighted by molar-refractivity contribution is 5.95. The number of likely N-dealkylation sites (N-methyl/N-ethyl adjacent to an activating group) is 1. The predicted octanol–water partition coefficient (Wildman–Crippen LogP) is -1.10. The summed E-state index contributed by atoms with van der Waals surface area (Å²) in [7, 11) is 3.11. The number of rotatable bonds is 2. The lowest BCUT2D eigenvalue weighted by Crippen LogP contribution is -2.30. The van der Waals surface area contributed by atoms with Crippen LogP contribution in [0.4, 0.5) is 0 Å². The van der Waals surface area contributed by atoms with Crippen LogP contribution in [-0.4, -0.2) is 43.4 Å². The Bertz CT molecular complexity index is 422. The van der Waals surface area contributed by atoms with Gasteiger partial charge in [-0.25, -0.2) is 9.59 Å². The van der Waals surface area contributed by atoms with Gasteiger partial charge >= 0.3 is 11.9 Å². The maximum atomic E-state index is 11.2. The molecule has 7 nitrogen and oxygen atoms in total. The Labute approximate surface area is 97.5 Å². The summed E-state index contributed by atoms with van der Waals surface area (Å²) in [5.74, 6) is -2.33. The quantitative estimate of drug-likeness (QED) is 0.486. The van der Waals surface area contributed by atoms with Crippen LogP contribution in [0.15, 0.2) is 23.6 Å². The minimum atomic E-state index is -0.779. The van der Waals surface area contributed by atoms with E-state index < -0.39 is 17.8 Å². The van der Waals surface area contributed by atoms with E-state index >= 15 is 0 Å². The topological polar surface area (TPSA) is 98.9 Å². The third kappa shape index (κ3) is 3.33. The maximum Gasteiger partial charge on any atom is 0.336 e. The van der Waals surface area contributed by atoms with Crippen LogP contribution in [-0.2, 0) is 23.9 Å². The van der Waals surface area contributed by atoms with Crippen molar-refractivity contribution in [1.82, 2.24) is 4.90 Å². The highest BCUT2D eigenvalue weighted by Gasteiger charge is 2.21. The van der Waals surface area contributed by atoms with Crippen molar-refractivity contribution in [3.63, 3.8) is 0 Å². The number of carbonyl (C=O) groups is 3. The van der Waals surface area contributed by atoms with Crippen molar-refractivity contribution in [1.29, 1.82) is 0 Å². The first-order valence-electron chi connectivity index (χ1n) is 4.68. The molecule has 0 aliphatic carbocycles. The van der Waals surface area contributed by atoms with Crippen molar-refractivity contribution in [2.24, 2.45) is 5.73 Å². The zero-order valence-electron chi connectivity index (χ0n) is 9.43. The first-order chi connectivity index (χ1) is 7.91. The molecule has 0 spiro atoms. The normalized spacial score (nSPS) is 20.6. The molecule has 1 aliphatic rings. The minimum Gasteiger partial charge on any atom is -0.454 e. The Kier molecular flexibility index (Phi) is 3.86. The molecule has 2 N–H and O–H groups in total. The summed E-state index contributed by atoms with van der Waals surface area (Å²) < 4.78 is 9.59. The summed E-state index contributed by atoms with van der Waals surface area (Å²) in [6.07, 6.45) is 1.86. The molecule has 0 saturated heterocycles. The Balaban J connectivity index is 3.13. The molecule has 1 aliphatic heterocycles. The van der Waals surface area contributed by atoms with Crippen molar-refractivity contribution in [3.05, 3.63) is 23.6 Å². The fourth-order valence-electron chi connectivity index (χ4n) is 1.23. The highest BCUT2D eigenvalue weighted by Crippen LogP contribution is 2.12.